The maximum absolute atomic E-state index is 13.7. The molecule has 2 amide bonds. The van der Waals surface area contributed by atoms with Gasteiger partial charge in [0.1, 0.15) is 5.60 Å². The number of amides is 2. The van der Waals surface area contributed by atoms with Crippen LogP contribution in [0.3, 0.4) is 0 Å². The summed E-state index contributed by atoms with van der Waals surface area (Å²) in [6.07, 6.45) is 4.95. The number of carbonyl (C=O) groups is 2. The number of piperidine rings is 1. The molecule has 2 fully saturated rings. The van der Waals surface area contributed by atoms with Crippen LogP contribution >= 0.6 is 0 Å². The molecule has 0 bridgehead atoms. The predicted molar refractivity (Wildman–Crippen MR) is 143 cm³/mol. The highest BCUT2D eigenvalue weighted by Crippen LogP contribution is 2.35. The van der Waals surface area contributed by atoms with Gasteiger partial charge in [0.15, 0.2) is 0 Å². The molecular weight excluding hydrogens is 454 g/mol. The van der Waals surface area contributed by atoms with Crippen molar-refractivity contribution < 1.29 is 19.1 Å². The Balaban J connectivity index is 1.54. The normalized spacial score (nSPS) is 19.9. The Kier molecular flexibility index (Phi) is 10.2. The smallest absolute Gasteiger partial charge is 0.407 e. The molecule has 7 nitrogen and oxygen atoms in total. The van der Waals surface area contributed by atoms with E-state index in [0.717, 1.165) is 58.4 Å². The Bertz CT molecular complexity index is 825. The predicted octanol–water partition coefficient (Wildman–Crippen LogP) is 4.99. The molecule has 0 aromatic heterocycles. The summed E-state index contributed by atoms with van der Waals surface area (Å²) in [6, 6.07) is 11.0. The minimum absolute atomic E-state index is 0.0284. The van der Waals surface area contributed by atoms with E-state index in [-0.39, 0.29) is 23.5 Å². The Hall–Kier alpha value is -2.12. The number of nitrogens with one attached hydrogen (secondary N) is 1. The van der Waals surface area contributed by atoms with Crippen LogP contribution < -0.4 is 5.32 Å². The maximum atomic E-state index is 13.7. The maximum Gasteiger partial charge on any atom is 0.407 e. The molecule has 1 unspecified atom stereocenters. The second kappa shape index (κ2) is 12.9. The van der Waals surface area contributed by atoms with E-state index >= 15 is 0 Å². The van der Waals surface area contributed by atoms with Crippen molar-refractivity contribution in [1.82, 2.24) is 15.1 Å². The molecule has 0 radical (unpaired) electrons. The lowest BCUT2D eigenvalue weighted by Gasteiger charge is -2.42. The molecule has 1 atom stereocenters. The molecule has 3 rings (SSSR count). The Morgan fingerprint density at radius 3 is 2.42 bits per heavy atom. The zero-order valence-electron chi connectivity index (χ0n) is 23.1. The van der Waals surface area contributed by atoms with E-state index < -0.39 is 5.60 Å². The van der Waals surface area contributed by atoms with Gasteiger partial charge in [0.2, 0.25) is 5.91 Å². The molecule has 1 N–H and O–H groups in total. The summed E-state index contributed by atoms with van der Waals surface area (Å²) < 4.78 is 10.9. The fraction of sp³-hybridized carbons (Fsp3) is 0.724. The van der Waals surface area contributed by atoms with Crippen LogP contribution in [0.1, 0.15) is 78.7 Å². The van der Waals surface area contributed by atoms with Gasteiger partial charge in [0, 0.05) is 57.9 Å². The quantitative estimate of drug-likeness (QED) is 0.516. The molecular formula is C29H47N3O4. The van der Waals surface area contributed by atoms with Gasteiger partial charge in [-0.3, -0.25) is 4.79 Å². The van der Waals surface area contributed by atoms with Crippen molar-refractivity contribution in [3.05, 3.63) is 35.9 Å². The highest BCUT2D eigenvalue weighted by Gasteiger charge is 2.35. The van der Waals surface area contributed by atoms with Crippen LogP contribution in [0, 0.1) is 5.41 Å². The third-order valence-electron chi connectivity index (χ3n) is 7.59. The zero-order valence-corrected chi connectivity index (χ0v) is 23.1. The van der Waals surface area contributed by atoms with E-state index in [1.807, 2.05) is 39.0 Å². The van der Waals surface area contributed by atoms with Gasteiger partial charge in [0.05, 0.1) is 0 Å². The van der Waals surface area contributed by atoms with Crippen LogP contribution in [0.4, 0.5) is 4.79 Å². The Morgan fingerprint density at radius 1 is 1.17 bits per heavy atom. The van der Waals surface area contributed by atoms with E-state index in [0.29, 0.717) is 25.6 Å². The summed E-state index contributed by atoms with van der Waals surface area (Å²) in [4.78, 5) is 30.2. The van der Waals surface area contributed by atoms with Gasteiger partial charge in [0.25, 0.3) is 0 Å². The fourth-order valence-electron chi connectivity index (χ4n) is 5.23. The van der Waals surface area contributed by atoms with Crippen LogP contribution in [-0.2, 0) is 20.8 Å². The van der Waals surface area contributed by atoms with Crippen LogP contribution in [0.2, 0.25) is 0 Å². The van der Waals surface area contributed by atoms with Gasteiger partial charge in [-0.25, -0.2) is 4.79 Å². The number of hydrogen-bond donors (Lipinski definition) is 1. The first kappa shape index (κ1) is 28.5. The van der Waals surface area contributed by atoms with Crippen molar-refractivity contribution in [3.63, 3.8) is 0 Å². The number of ether oxygens (including phenoxy) is 2. The molecule has 1 aromatic rings. The van der Waals surface area contributed by atoms with Gasteiger partial charge < -0.3 is 24.6 Å². The van der Waals surface area contributed by atoms with Gasteiger partial charge in [-0.05, 0) is 70.8 Å². The van der Waals surface area contributed by atoms with Crippen molar-refractivity contribution >= 4 is 12.0 Å². The molecule has 0 aliphatic carbocycles. The summed E-state index contributed by atoms with van der Waals surface area (Å²) in [5.74, 6) is 0.274. The lowest BCUT2D eigenvalue weighted by atomic mass is 9.79. The largest absolute Gasteiger partial charge is 0.444 e. The highest BCUT2D eigenvalue weighted by molar-refractivity contribution is 5.77. The van der Waals surface area contributed by atoms with Crippen LogP contribution in [-0.4, -0.2) is 72.3 Å². The van der Waals surface area contributed by atoms with Crippen molar-refractivity contribution in [2.75, 3.05) is 32.8 Å². The van der Waals surface area contributed by atoms with E-state index in [1.165, 1.54) is 5.56 Å². The summed E-state index contributed by atoms with van der Waals surface area (Å²) >= 11 is 0. The molecule has 7 heteroatoms. The first-order valence-electron chi connectivity index (χ1n) is 13.7. The monoisotopic (exact) mass is 501 g/mol. The molecule has 0 saturated carbocycles. The van der Waals surface area contributed by atoms with Crippen molar-refractivity contribution in [2.24, 2.45) is 5.41 Å². The average molecular weight is 502 g/mol. The van der Waals surface area contributed by atoms with E-state index in [9.17, 15) is 9.59 Å². The molecule has 1 aromatic carbocycles. The average Bonchev–Trinajstić information content (AvgIpc) is 2.82. The van der Waals surface area contributed by atoms with Gasteiger partial charge in [-0.15, -0.1) is 0 Å². The fourth-order valence-corrected chi connectivity index (χ4v) is 5.23. The van der Waals surface area contributed by atoms with Gasteiger partial charge in [-0.2, -0.15) is 0 Å². The number of hydrogen-bond acceptors (Lipinski definition) is 5. The molecule has 202 valence electrons. The number of nitrogens with zero attached hydrogens (tertiary/aromatic N) is 2. The molecule has 2 heterocycles. The SMILES string of the molecule is CC(CCNC(=O)OC(C)(C)C)N1CCC(N(Cc2ccccc2)C(=O)CC2(C)CCOCC2)CC1. The first-order valence-corrected chi connectivity index (χ1v) is 13.7. The minimum Gasteiger partial charge on any atom is -0.444 e. The van der Waals surface area contributed by atoms with Crippen LogP contribution in [0.15, 0.2) is 30.3 Å². The summed E-state index contributed by atoms with van der Waals surface area (Å²) in [5.41, 5.74) is 0.732. The molecule has 2 aliphatic heterocycles. The lowest BCUT2D eigenvalue weighted by Crippen LogP contribution is -2.50. The standard InChI is InChI=1S/C29H47N3O4/c1-23(11-16-30-27(34)36-28(2,3)4)31-17-12-25(13-18-31)32(22-24-9-7-6-8-10-24)26(33)21-29(5)14-19-35-20-15-29/h6-10,23,25H,11-22H2,1-5H3,(H,30,34). The topological polar surface area (TPSA) is 71.1 Å². The number of carbonyl (C=O) groups excluding carboxylic acids is 2. The van der Waals surface area contributed by atoms with E-state index in [1.54, 1.807) is 0 Å². The third-order valence-corrected chi connectivity index (χ3v) is 7.59. The van der Waals surface area contributed by atoms with Crippen LogP contribution in [0.5, 0.6) is 0 Å². The Labute approximate surface area is 217 Å². The minimum atomic E-state index is -0.483. The third kappa shape index (κ3) is 9.07. The van der Waals surface area contributed by atoms with Crippen molar-refractivity contribution in [3.8, 4) is 0 Å². The van der Waals surface area contributed by atoms with Crippen molar-refractivity contribution in [1.29, 1.82) is 0 Å². The second-order valence-electron chi connectivity index (χ2n) is 11.9. The number of alkyl carbamates (subject to hydrolysis) is 1. The zero-order chi connectivity index (χ0) is 26.2. The number of rotatable bonds is 9. The molecule has 2 saturated heterocycles. The summed E-state index contributed by atoms with van der Waals surface area (Å²) in [7, 11) is 0. The van der Waals surface area contributed by atoms with Gasteiger partial charge >= 0.3 is 6.09 Å². The van der Waals surface area contributed by atoms with Gasteiger partial charge in [-0.1, -0.05) is 37.3 Å². The summed E-state index contributed by atoms with van der Waals surface area (Å²) in [5, 5.41) is 2.87. The first-order chi connectivity index (χ1) is 17.0. The second-order valence-corrected chi connectivity index (χ2v) is 11.9. The number of likely N-dealkylation sites (tertiary alicyclic amines) is 1. The molecule has 2 aliphatic rings. The highest BCUT2D eigenvalue weighted by atomic mass is 16.6. The summed E-state index contributed by atoms with van der Waals surface area (Å²) in [6.45, 7) is 14.8. The lowest BCUT2D eigenvalue weighted by molar-refractivity contribution is -0.139. The van der Waals surface area contributed by atoms with Crippen molar-refractivity contribution in [2.45, 2.75) is 97.4 Å². The van der Waals surface area contributed by atoms with E-state index in [2.05, 4.69) is 41.1 Å². The van der Waals surface area contributed by atoms with E-state index in [4.69, 9.17) is 9.47 Å². The molecule has 36 heavy (non-hydrogen) atoms. The molecule has 0 spiro atoms. The number of benzene rings is 1. The Morgan fingerprint density at radius 2 is 1.81 bits per heavy atom. The van der Waals surface area contributed by atoms with Crippen LogP contribution in [0.25, 0.3) is 0 Å².